The molecule has 2 aromatic heterocycles. The van der Waals surface area contributed by atoms with E-state index in [9.17, 15) is 19.5 Å². The number of hydrogen-bond acceptors (Lipinski definition) is 10. The van der Waals surface area contributed by atoms with Crippen LogP contribution in [0.15, 0.2) is 53.1 Å². The molecule has 234 valence electrons. The molecule has 0 aliphatic rings. The number of ether oxygens (including phenoxy) is 2. The number of oxazole rings is 1. The average molecular weight is 598 g/mol. The van der Waals surface area contributed by atoms with Crippen molar-refractivity contribution < 1.29 is 33.4 Å². The summed E-state index contributed by atoms with van der Waals surface area (Å²) in [6, 6.07) is 10.5. The summed E-state index contributed by atoms with van der Waals surface area (Å²) >= 11 is 0. The van der Waals surface area contributed by atoms with Crippen molar-refractivity contribution >= 4 is 29.3 Å². The summed E-state index contributed by atoms with van der Waals surface area (Å²) in [6.45, 7) is 10.5. The van der Waals surface area contributed by atoms with Crippen LogP contribution in [0, 0.1) is 0 Å². The molecule has 0 spiro atoms. The minimum absolute atomic E-state index is 0.0942. The van der Waals surface area contributed by atoms with Crippen LogP contribution in [0.3, 0.4) is 0 Å². The summed E-state index contributed by atoms with van der Waals surface area (Å²) in [6.07, 6.45) is -0.440. The highest BCUT2D eigenvalue weighted by Crippen LogP contribution is 2.29. The van der Waals surface area contributed by atoms with Crippen molar-refractivity contribution in [1.82, 2.24) is 20.2 Å². The fourth-order valence-electron chi connectivity index (χ4n) is 4.29. The fourth-order valence-corrected chi connectivity index (χ4v) is 4.29. The molecule has 12 heteroatoms. The number of aliphatic hydroxyl groups is 1. The first-order valence-electron chi connectivity index (χ1n) is 14.4. The van der Waals surface area contributed by atoms with Crippen molar-refractivity contribution in [3.05, 3.63) is 60.1 Å². The third kappa shape index (κ3) is 10.3. The number of aryl methyl sites for hydroxylation is 1. The fraction of sp³-hybridized carbons (Fsp3) is 0.516. The van der Waals surface area contributed by atoms with Gasteiger partial charge >= 0.3 is 12.2 Å². The maximum Gasteiger partial charge on any atom is 0.417 e. The maximum absolute atomic E-state index is 13.9. The highest BCUT2D eigenvalue weighted by atomic mass is 16.6. The number of carbonyl (C=O) groups is 3. The van der Waals surface area contributed by atoms with E-state index in [0.717, 1.165) is 10.5 Å². The van der Waals surface area contributed by atoms with Crippen molar-refractivity contribution in [1.29, 1.82) is 0 Å². The first kappa shape index (κ1) is 33.5. The van der Waals surface area contributed by atoms with E-state index < -0.39 is 47.5 Å². The summed E-state index contributed by atoms with van der Waals surface area (Å²) in [5.74, 6) is -0.832. The largest absolute Gasteiger partial charge is 0.444 e. The Labute approximate surface area is 251 Å². The predicted octanol–water partition coefficient (Wildman–Crippen LogP) is 4.65. The van der Waals surface area contributed by atoms with Gasteiger partial charge in [-0.05, 0) is 84.9 Å². The number of imide groups is 1. The number of nitrogens with one attached hydrogen (secondary N) is 1. The molecule has 3 rings (SSSR count). The standard InChI is InChI=1S/C31H43N5O7/c1-30(2,3)42-28(39)34-19-10-14-21(32)27(38)36(29(40)43-31(4,5)6)22(17-16-20-12-8-7-9-13-20)24(37)26-35-25-23(41-26)15-11-18-33-25/h7-9,11-13,15,18,21-22,24,37H,10,14,16-17,19,32H2,1-6H3,(H,34,39)/t21-,22-,24?/m1/s1. The lowest BCUT2D eigenvalue weighted by atomic mass is 9.98. The molecule has 0 aliphatic carbocycles. The van der Waals surface area contributed by atoms with Gasteiger partial charge in [0.2, 0.25) is 11.8 Å². The van der Waals surface area contributed by atoms with Crippen molar-refractivity contribution in [3.63, 3.8) is 0 Å². The Morgan fingerprint density at radius 3 is 2.30 bits per heavy atom. The van der Waals surface area contributed by atoms with Gasteiger partial charge in [-0.1, -0.05) is 30.3 Å². The average Bonchev–Trinajstić information content (AvgIpc) is 3.35. The first-order chi connectivity index (χ1) is 20.1. The smallest absolute Gasteiger partial charge is 0.417 e. The lowest BCUT2D eigenvalue weighted by Gasteiger charge is -2.35. The van der Waals surface area contributed by atoms with E-state index >= 15 is 0 Å². The molecule has 0 saturated heterocycles. The Bertz CT molecular complexity index is 1330. The number of fused-ring (bicyclic) bond motifs is 1. The van der Waals surface area contributed by atoms with E-state index in [1.54, 1.807) is 59.9 Å². The van der Waals surface area contributed by atoms with Crippen molar-refractivity contribution in [2.24, 2.45) is 5.73 Å². The van der Waals surface area contributed by atoms with Gasteiger partial charge in [-0.15, -0.1) is 0 Å². The quantitative estimate of drug-likeness (QED) is 0.264. The second-order valence-electron chi connectivity index (χ2n) is 12.3. The van der Waals surface area contributed by atoms with Gasteiger partial charge in [0.15, 0.2) is 17.3 Å². The minimum atomic E-state index is -1.50. The van der Waals surface area contributed by atoms with Crippen LogP contribution in [0.25, 0.3) is 11.2 Å². The second kappa shape index (κ2) is 14.4. The number of benzene rings is 1. The Morgan fingerprint density at radius 2 is 1.67 bits per heavy atom. The summed E-state index contributed by atoms with van der Waals surface area (Å²) in [7, 11) is 0. The van der Waals surface area contributed by atoms with Gasteiger partial charge in [0.25, 0.3) is 0 Å². The summed E-state index contributed by atoms with van der Waals surface area (Å²) in [5.41, 5.74) is 6.29. The Hall–Kier alpha value is -4.03. The van der Waals surface area contributed by atoms with Crippen LogP contribution in [0.5, 0.6) is 0 Å². The van der Waals surface area contributed by atoms with Crippen molar-refractivity contribution in [2.75, 3.05) is 6.54 Å². The minimum Gasteiger partial charge on any atom is -0.444 e. The van der Waals surface area contributed by atoms with Crippen LogP contribution in [-0.4, -0.2) is 67.9 Å². The molecule has 3 aromatic rings. The zero-order valence-electron chi connectivity index (χ0n) is 25.7. The summed E-state index contributed by atoms with van der Waals surface area (Å²) in [4.78, 5) is 48.8. The molecule has 0 radical (unpaired) electrons. The van der Waals surface area contributed by atoms with Crippen LogP contribution in [-0.2, 0) is 20.7 Å². The Kier molecular flexibility index (Phi) is 11.2. The van der Waals surface area contributed by atoms with Crippen LogP contribution >= 0.6 is 0 Å². The van der Waals surface area contributed by atoms with Gasteiger partial charge < -0.3 is 30.0 Å². The molecule has 1 unspecified atom stereocenters. The number of nitrogens with zero attached hydrogens (tertiary/aromatic N) is 3. The van der Waals surface area contributed by atoms with Crippen LogP contribution in [0.1, 0.15) is 78.4 Å². The number of hydrogen-bond donors (Lipinski definition) is 3. The normalized spacial score (nSPS) is 14.0. The molecular formula is C31H43N5O7. The number of carbonyl (C=O) groups excluding carboxylic acids is 3. The lowest BCUT2D eigenvalue weighted by molar-refractivity contribution is -0.137. The second-order valence-corrected chi connectivity index (χ2v) is 12.3. The number of amides is 3. The molecule has 12 nitrogen and oxygen atoms in total. The Morgan fingerprint density at radius 1 is 1.00 bits per heavy atom. The van der Waals surface area contributed by atoms with Gasteiger partial charge in [-0.2, -0.15) is 4.98 Å². The molecule has 0 fully saturated rings. The van der Waals surface area contributed by atoms with E-state index in [1.807, 2.05) is 30.3 Å². The molecule has 3 amide bonds. The summed E-state index contributed by atoms with van der Waals surface area (Å²) in [5, 5.41) is 14.2. The number of aromatic nitrogens is 2. The van der Waals surface area contributed by atoms with Gasteiger partial charge in [-0.25, -0.2) is 19.5 Å². The highest BCUT2D eigenvalue weighted by molar-refractivity contribution is 5.95. The van der Waals surface area contributed by atoms with E-state index in [2.05, 4.69) is 15.3 Å². The molecule has 2 heterocycles. The van der Waals surface area contributed by atoms with Crippen LogP contribution in [0.4, 0.5) is 9.59 Å². The first-order valence-corrected chi connectivity index (χ1v) is 14.4. The van der Waals surface area contributed by atoms with E-state index in [-0.39, 0.29) is 30.9 Å². The Balaban J connectivity index is 1.87. The van der Waals surface area contributed by atoms with Crippen molar-refractivity contribution in [2.45, 2.75) is 96.6 Å². The third-order valence-corrected chi connectivity index (χ3v) is 6.21. The monoisotopic (exact) mass is 597 g/mol. The number of aliphatic hydroxyl groups excluding tert-OH is 1. The lowest BCUT2D eigenvalue weighted by Crippen LogP contribution is -2.55. The van der Waals surface area contributed by atoms with Gasteiger partial charge in [-0.3, -0.25) is 4.79 Å². The molecular weight excluding hydrogens is 554 g/mol. The number of nitrogens with two attached hydrogens (primary N) is 1. The zero-order chi connectivity index (χ0) is 31.8. The molecule has 4 N–H and O–H groups in total. The van der Waals surface area contributed by atoms with Gasteiger partial charge in [0.1, 0.15) is 11.2 Å². The third-order valence-electron chi connectivity index (χ3n) is 6.21. The molecule has 1 aromatic carbocycles. The number of rotatable bonds is 11. The van der Waals surface area contributed by atoms with Crippen LogP contribution < -0.4 is 11.1 Å². The highest BCUT2D eigenvalue weighted by Gasteiger charge is 2.41. The summed E-state index contributed by atoms with van der Waals surface area (Å²) < 4.78 is 16.6. The van der Waals surface area contributed by atoms with E-state index in [1.165, 1.54) is 0 Å². The van der Waals surface area contributed by atoms with Crippen molar-refractivity contribution in [3.8, 4) is 0 Å². The topological polar surface area (TPSA) is 170 Å². The molecule has 0 aliphatic heterocycles. The molecule has 43 heavy (non-hydrogen) atoms. The molecule has 0 bridgehead atoms. The SMILES string of the molecule is CC(C)(C)OC(=O)NCCC[C@@H](N)C(=O)N(C(=O)OC(C)(C)C)[C@H](CCc1ccccc1)C(O)c1nc2ncccc2o1. The zero-order valence-corrected chi connectivity index (χ0v) is 25.7. The van der Waals surface area contributed by atoms with Gasteiger partial charge in [0.05, 0.1) is 12.1 Å². The molecule has 3 atom stereocenters. The number of alkyl carbamates (subject to hydrolysis) is 1. The molecule has 0 saturated carbocycles. The van der Waals surface area contributed by atoms with Crippen LogP contribution in [0.2, 0.25) is 0 Å². The van der Waals surface area contributed by atoms with E-state index in [4.69, 9.17) is 19.6 Å². The maximum atomic E-state index is 13.9. The number of pyridine rings is 1. The van der Waals surface area contributed by atoms with Gasteiger partial charge in [0, 0.05) is 12.7 Å². The predicted molar refractivity (Wildman–Crippen MR) is 160 cm³/mol. The van der Waals surface area contributed by atoms with E-state index in [0.29, 0.717) is 18.4 Å².